The van der Waals surface area contributed by atoms with Crippen LogP contribution in [-0.4, -0.2) is 11.9 Å². The molecule has 0 atom stereocenters. The Morgan fingerprint density at radius 3 is 2.35 bits per heavy atom. The van der Waals surface area contributed by atoms with Crippen LogP contribution in [0.3, 0.4) is 0 Å². The van der Waals surface area contributed by atoms with Crippen LogP contribution >= 0.6 is 15.9 Å². The average molecular weight is 333 g/mol. The van der Waals surface area contributed by atoms with Gasteiger partial charge in [-0.1, -0.05) is 48.3 Å². The summed E-state index contributed by atoms with van der Waals surface area (Å²) < 4.78 is 6.78. The van der Waals surface area contributed by atoms with Crippen molar-refractivity contribution in [3.05, 3.63) is 57.6 Å². The summed E-state index contributed by atoms with van der Waals surface area (Å²) in [4.78, 5) is 0. The first kappa shape index (κ1) is 15.1. The monoisotopic (exact) mass is 332 g/mol. The first-order chi connectivity index (χ1) is 9.47. The fourth-order valence-electron chi connectivity index (χ4n) is 2.06. The minimum absolute atomic E-state index is 0.488. The minimum atomic E-state index is -0.556. The molecule has 0 aromatic heterocycles. The van der Waals surface area contributed by atoms with Gasteiger partial charge in [-0.3, -0.25) is 0 Å². The molecule has 104 valence electrons. The second kappa shape index (κ2) is 6.46. The quantitative estimate of drug-likeness (QED) is 0.869. The molecule has 0 saturated heterocycles. The van der Waals surface area contributed by atoms with Crippen LogP contribution in [0.1, 0.15) is 16.7 Å². The van der Waals surface area contributed by atoms with Crippen molar-refractivity contribution in [2.24, 2.45) is 0 Å². The first-order valence-corrected chi connectivity index (χ1v) is 7.43. The van der Waals surface area contributed by atoms with Gasteiger partial charge in [0.25, 0.3) is 0 Å². The zero-order valence-corrected chi connectivity index (χ0v) is 13.6. The lowest BCUT2D eigenvalue weighted by molar-refractivity contribution is 0.306. The number of benzene rings is 2. The summed E-state index contributed by atoms with van der Waals surface area (Å²) in [5, 5.41) is 9.89. The molecule has 0 radical (unpaired) electrons. The third-order valence-electron chi connectivity index (χ3n) is 3.17. The molecule has 1 N–H and O–H groups in total. The van der Waals surface area contributed by atoms with Crippen LogP contribution in [0.4, 0.5) is 0 Å². The van der Waals surface area contributed by atoms with Gasteiger partial charge in [-0.05, 0) is 46.9 Å². The number of hydrogen-bond donors (Lipinski definition) is 1. The van der Waals surface area contributed by atoms with Gasteiger partial charge in [0.2, 0.25) is 0 Å². The molecule has 4 heteroatoms. The molecule has 20 heavy (non-hydrogen) atoms. The highest BCUT2D eigenvalue weighted by atomic mass is 79.9. The van der Waals surface area contributed by atoms with Crippen molar-refractivity contribution >= 4 is 28.3 Å². The second-order valence-corrected chi connectivity index (χ2v) is 5.97. The maximum absolute atomic E-state index is 9.89. The van der Waals surface area contributed by atoms with E-state index in [1.807, 2.05) is 19.1 Å². The molecule has 0 unspecified atom stereocenters. The molecule has 0 amide bonds. The summed E-state index contributed by atoms with van der Waals surface area (Å²) >= 11 is 3.52. The van der Waals surface area contributed by atoms with Gasteiger partial charge in [0.05, 0.1) is 4.47 Å². The Labute approximate surface area is 129 Å². The highest BCUT2D eigenvalue weighted by Gasteiger charge is 2.17. The van der Waals surface area contributed by atoms with E-state index >= 15 is 0 Å². The molecule has 0 spiro atoms. The lowest BCUT2D eigenvalue weighted by Crippen LogP contribution is -2.28. The number of ether oxygens (including phenoxy) is 1. The van der Waals surface area contributed by atoms with E-state index in [9.17, 15) is 5.02 Å². The van der Waals surface area contributed by atoms with Crippen molar-refractivity contribution in [3.8, 4) is 5.75 Å². The molecule has 0 fully saturated rings. The molecule has 0 aliphatic carbocycles. The van der Waals surface area contributed by atoms with Crippen molar-refractivity contribution in [3.63, 3.8) is 0 Å². The fraction of sp³-hybridized carbons (Fsp3) is 0.250. The average Bonchev–Trinajstić information content (AvgIpc) is 2.38. The molecule has 0 aliphatic rings. The predicted octanol–water partition coefficient (Wildman–Crippen LogP) is 3.47. The number of rotatable bonds is 4. The van der Waals surface area contributed by atoms with Crippen molar-refractivity contribution in [2.75, 3.05) is 0 Å². The van der Waals surface area contributed by atoms with Gasteiger partial charge >= 0.3 is 6.92 Å². The van der Waals surface area contributed by atoms with Gasteiger partial charge in [-0.15, -0.1) is 0 Å². The van der Waals surface area contributed by atoms with Gasteiger partial charge in [-0.25, -0.2) is 0 Å². The highest BCUT2D eigenvalue weighted by Crippen LogP contribution is 2.25. The SMILES string of the molecule is CB(O)c1cc(C)cc(Br)c1OCc1ccc(C)cc1. The summed E-state index contributed by atoms with van der Waals surface area (Å²) in [5.74, 6) is 0.714. The Bertz CT molecular complexity index is 594. The van der Waals surface area contributed by atoms with E-state index in [0.29, 0.717) is 12.4 Å². The third-order valence-corrected chi connectivity index (χ3v) is 3.76. The van der Waals surface area contributed by atoms with Crippen molar-refractivity contribution < 1.29 is 9.76 Å². The maximum Gasteiger partial charge on any atom is 0.324 e. The molecular formula is C16H18BBrO2. The number of halogens is 1. The molecule has 0 saturated carbocycles. The largest absolute Gasteiger partial charge is 0.488 e. The van der Waals surface area contributed by atoms with E-state index < -0.39 is 6.92 Å². The van der Waals surface area contributed by atoms with E-state index in [4.69, 9.17) is 4.74 Å². The molecule has 2 nitrogen and oxygen atoms in total. The van der Waals surface area contributed by atoms with Crippen LogP contribution in [0.25, 0.3) is 0 Å². The van der Waals surface area contributed by atoms with Gasteiger partial charge in [-0.2, -0.15) is 0 Å². The third kappa shape index (κ3) is 3.65. The zero-order chi connectivity index (χ0) is 14.7. The van der Waals surface area contributed by atoms with Crippen LogP contribution < -0.4 is 10.2 Å². The number of aryl methyl sites for hydroxylation is 2. The summed E-state index contributed by atoms with van der Waals surface area (Å²) in [6, 6.07) is 12.2. The van der Waals surface area contributed by atoms with Crippen molar-refractivity contribution in [1.82, 2.24) is 0 Å². The lowest BCUT2D eigenvalue weighted by atomic mass is 9.63. The fourth-order valence-corrected chi connectivity index (χ4v) is 2.76. The Hall–Kier alpha value is -1.26. The maximum atomic E-state index is 9.89. The van der Waals surface area contributed by atoms with E-state index in [1.54, 1.807) is 6.82 Å². The minimum Gasteiger partial charge on any atom is -0.488 e. The van der Waals surface area contributed by atoms with Crippen molar-refractivity contribution in [2.45, 2.75) is 27.3 Å². The smallest absolute Gasteiger partial charge is 0.324 e. The van der Waals surface area contributed by atoms with E-state index in [-0.39, 0.29) is 0 Å². The molecule has 0 bridgehead atoms. The molecule has 2 aromatic carbocycles. The summed E-state index contributed by atoms with van der Waals surface area (Å²) in [6.07, 6.45) is 0. The Kier molecular flexibility index (Phi) is 4.89. The predicted molar refractivity (Wildman–Crippen MR) is 87.9 cm³/mol. The van der Waals surface area contributed by atoms with Crippen LogP contribution in [0.2, 0.25) is 6.82 Å². The van der Waals surface area contributed by atoms with Gasteiger partial charge < -0.3 is 9.76 Å². The van der Waals surface area contributed by atoms with Gasteiger partial charge in [0.15, 0.2) is 0 Å². The summed E-state index contributed by atoms with van der Waals surface area (Å²) in [6.45, 7) is 5.74. The molecular weight excluding hydrogens is 315 g/mol. The molecule has 2 aromatic rings. The summed E-state index contributed by atoms with van der Waals surface area (Å²) in [5.41, 5.74) is 4.24. The van der Waals surface area contributed by atoms with Gasteiger partial charge in [0.1, 0.15) is 12.4 Å². The topological polar surface area (TPSA) is 29.5 Å². The van der Waals surface area contributed by atoms with Crippen LogP contribution in [0, 0.1) is 13.8 Å². The van der Waals surface area contributed by atoms with E-state index in [0.717, 1.165) is 21.1 Å². The van der Waals surface area contributed by atoms with Crippen LogP contribution in [-0.2, 0) is 6.61 Å². The molecule has 2 rings (SSSR count). The number of hydrogen-bond acceptors (Lipinski definition) is 2. The van der Waals surface area contributed by atoms with Crippen LogP contribution in [0.5, 0.6) is 5.75 Å². The first-order valence-electron chi connectivity index (χ1n) is 6.64. The highest BCUT2D eigenvalue weighted by molar-refractivity contribution is 9.10. The van der Waals surface area contributed by atoms with Crippen molar-refractivity contribution in [1.29, 1.82) is 0 Å². The summed E-state index contributed by atoms with van der Waals surface area (Å²) in [7, 11) is 0. The van der Waals surface area contributed by atoms with E-state index in [1.165, 1.54) is 5.56 Å². The molecule has 0 aliphatic heterocycles. The normalized spacial score (nSPS) is 10.4. The molecule has 0 heterocycles. The Morgan fingerprint density at radius 2 is 1.75 bits per heavy atom. The van der Waals surface area contributed by atoms with Crippen LogP contribution in [0.15, 0.2) is 40.9 Å². The Morgan fingerprint density at radius 1 is 1.10 bits per heavy atom. The van der Waals surface area contributed by atoms with Gasteiger partial charge in [0, 0.05) is 0 Å². The zero-order valence-electron chi connectivity index (χ0n) is 12.0. The Balaban J connectivity index is 2.22. The van der Waals surface area contributed by atoms with E-state index in [2.05, 4.69) is 47.1 Å². The lowest BCUT2D eigenvalue weighted by Gasteiger charge is -2.15. The second-order valence-electron chi connectivity index (χ2n) is 5.12. The standard InChI is InChI=1S/C16H18BBrO2/c1-11-4-6-13(7-5-11)10-20-16-14(17(3)19)8-12(2)9-15(16)18/h4-9,19H,10H2,1-3H3.